The van der Waals surface area contributed by atoms with Crippen molar-refractivity contribution in [3.8, 4) is 5.75 Å². The van der Waals surface area contributed by atoms with E-state index >= 15 is 0 Å². The Morgan fingerprint density at radius 2 is 1.86 bits per heavy atom. The van der Waals surface area contributed by atoms with Gasteiger partial charge >= 0.3 is 0 Å². The summed E-state index contributed by atoms with van der Waals surface area (Å²) in [6, 6.07) is 9.50. The molecule has 1 aliphatic heterocycles. The van der Waals surface area contributed by atoms with Gasteiger partial charge in [-0.05, 0) is 37.5 Å². The number of para-hydroxylation sites is 1. The first-order valence-corrected chi connectivity index (χ1v) is 9.75. The summed E-state index contributed by atoms with van der Waals surface area (Å²) in [7, 11) is 0. The Hall–Kier alpha value is -2.96. The predicted molar refractivity (Wildman–Crippen MR) is 105 cm³/mol. The topological polar surface area (TPSA) is 58.6 Å². The van der Waals surface area contributed by atoms with Gasteiger partial charge in [-0.25, -0.2) is 8.78 Å². The molecule has 0 aliphatic carbocycles. The van der Waals surface area contributed by atoms with E-state index in [2.05, 4.69) is 5.32 Å². The number of benzene rings is 2. The maximum atomic E-state index is 13.9. The first-order valence-electron chi connectivity index (χ1n) is 9.75. The van der Waals surface area contributed by atoms with Crippen LogP contribution in [0.5, 0.6) is 5.75 Å². The highest BCUT2D eigenvalue weighted by Crippen LogP contribution is 2.28. The standard InChI is InChI=1S/C22H24F2N2O3/c1-2-19(25-22(28)16-10-9-15(23)13-18(16)24)17-7-3-4-8-20(17)29-14-21(27)26-11-5-6-12-26/h3-4,7-10,13,19H,2,5-6,11-12,14H2,1H3,(H,25,28). The highest BCUT2D eigenvalue weighted by atomic mass is 19.1. The van der Waals surface area contributed by atoms with Gasteiger partial charge in [-0.3, -0.25) is 9.59 Å². The lowest BCUT2D eigenvalue weighted by molar-refractivity contribution is -0.132. The Morgan fingerprint density at radius 1 is 1.14 bits per heavy atom. The number of nitrogens with zero attached hydrogens (tertiary/aromatic N) is 1. The fraction of sp³-hybridized carbons (Fsp3) is 0.364. The Morgan fingerprint density at radius 3 is 2.55 bits per heavy atom. The summed E-state index contributed by atoms with van der Waals surface area (Å²) in [4.78, 5) is 26.5. The predicted octanol–water partition coefficient (Wildman–Crippen LogP) is 3.85. The van der Waals surface area contributed by atoms with Gasteiger partial charge in [0.25, 0.3) is 11.8 Å². The van der Waals surface area contributed by atoms with Gasteiger partial charge in [-0.2, -0.15) is 0 Å². The average Bonchev–Trinajstić information content (AvgIpc) is 3.25. The van der Waals surface area contributed by atoms with E-state index in [4.69, 9.17) is 4.74 Å². The first kappa shape index (κ1) is 20.8. The molecule has 0 bridgehead atoms. The average molecular weight is 402 g/mol. The molecule has 5 nitrogen and oxygen atoms in total. The molecule has 2 aromatic rings. The Labute approximate surface area is 168 Å². The molecule has 7 heteroatoms. The summed E-state index contributed by atoms with van der Waals surface area (Å²) in [5.41, 5.74) is 0.465. The van der Waals surface area contributed by atoms with Crippen molar-refractivity contribution in [2.45, 2.75) is 32.2 Å². The SMILES string of the molecule is CCC(NC(=O)c1ccc(F)cc1F)c1ccccc1OCC(=O)N1CCCC1. The number of likely N-dealkylation sites (tertiary alicyclic amines) is 1. The summed E-state index contributed by atoms with van der Waals surface area (Å²) in [5.74, 6) is -1.88. The number of hydrogen-bond acceptors (Lipinski definition) is 3. The van der Waals surface area contributed by atoms with Crippen LogP contribution in [-0.2, 0) is 4.79 Å². The number of nitrogens with one attached hydrogen (secondary N) is 1. The van der Waals surface area contributed by atoms with Crippen LogP contribution in [0.4, 0.5) is 8.78 Å². The number of amides is 2. The van der Waals surface area contributed by atoms with Crippen LogP contribution in [0.25, 0.3) is 0 Å². The van der Waals surface area contributed by atoms with E-state index < -0.39 is 23.6 Å². The second-order valence-electron chi connectivity index (χ2n) is 6.97. The lowest BCUT2D eigenvalue weighted by Gasteiger charge is -2.22. The van der Waals surface area contributed by atoms with Crippen molar-refractivity contribution in [1.29, 1.82) is 0 Å². The van der Waals surface area contributed by atoms with Gasteiger partial charge in [0.15, 0.2) is 6.61 Å². The Bertz CT molecular complexity index is 882. The van der Waals surface area contributed by atoms with Gasteiger partial charge in [0.05, 0.1) is 11.6 Å². The fourth-order valence-corrected chi connectivity index (χ4v) is 3.41. The van der Waals surface area contributed by atoms with E-state index in [9.17, 15) is 18.4 Å². The van der Waals surface area contributed by atoms with Crippen molar-refractivity contribution < 1.29 is 23.1 Å². The third-order valence-corrected chi connectivity index (χ3v) is 4.99. The van der Waals surface area contributed by atoms with Crippen molar-refractivity contribution in [2.24, 2.45) is 0 Å². The molecule has 0 spiro atoms. The summed E-state index contributed by atoms with van der Waals surface area (Å²) >= 11 is 0. The lowest BCUT2D eigenvalue weighted by Crippen LogP contribution is -2.33. The zero-order chi connectivity index (χ0) is 20.8. The number of ether oxygens (including phenoxy) is 1. The maximum Gasteiger partial charge on any atom is 0.260 e. The molecule has 2 aromatic carbocycles. The lowest BCUT2D eigenvalue weighted by atomic mass is 10.0. The van der Waals surface area contributed by atoms with E-state index in [1.54, 1.807) is 29.2 Å². The summed E-state index contributed by atoms with van der Waals surface area (Å²) < 4.78 is 32.8. The van der Waals surface area contributed by atoms with Crippen molar-refractivity contribution >= 4 is 11.8 Å². The van der Waals surface area contributed by atoms with Gasteiger partial charge in [0, 0.05) is 24.7 Å². The molecule has 1 saturated heterocycles. The molecule has 0 aromatic heterocycles. The van der Waals surface area contributed by atoms with Gasteiger partial charge in [0.2, 0.25) is 0 Å². The Balaban J connectivity index is 1.72. The zero-order valence-electron chi connectivity index (χ0n) is 16.3. The number of carbonyl (C=O) groups is 2. The van der Waals surface area contributed by atoms with E-state index in [1.165, 1.54) is 0 Å². The molecule has 29 heavy (non-hydrogen) atoms. The fourth-order valence-electron chi connectivity index (χ4n) is 3.41. The molecule has 1 aliphatic rings. The van der Waals surface area contributed by atoms with Gasteiger partial charge < -0.3 is 15.0 Å². The number of rotatable bonds is 7. The smallest absolute Gasteiger partial charge is 0.260 e. The molecular weight excluding hydrogens is 378 g/mol. The molecule has 0 saturated carbocycles. The van der Waals surface area contributed by atoms with Crippen LogP contribution in [0.1, 0.15) is 48.1 Å². The molecule has 0 radical (unpaired) electrons. The molecule has 1 fully saturated rings. The molecule has 3 rings (SSSR count). The van der Waals surface area contributed by atoms with E-state index in [1.807, 2.05) is 6.92 Å². The molecular formula is C22H24F2N2O3. The van der Waals surface area contributed by atoms with E-state index in [-0.39, 0.29) is 18.1 Å². The highest BCUT2D eigenvalue weighted by molar-refractivity contribution is 5.94. The number of halogens is 2. The molecule has 154 valence electrons. The van der Waals surface area contributed by atoms with Crippen LogP contribution in [0, 0.1) is 11.6 Å². The zero-order valence-corrected chi connectivity index (χ0v) is 16.3. The highest BCUT2D eigenvalue weighted by Gasteiger charge is 2.22. The molecule has 2 amide bonds. The summed E-state index contributed by atoms with van der Waals surface area (Å²) in [6.07, 6.45) is 2.54. The Kier molecular flexibility index (Phi) is 6.80. The number of hydrogen-bond donors (Lipinski definition) is 1. The second kappa shape index (κ2) is 9.49. The van der Waals surface area contributed by atoms with Crippen LogP contribution < -0.4 is 10.1 Å². The second-order valence-corrected chi connectivity index (χ2v) is 6.97. The van der Waals surface area contributed by atoms with E-state index in [0.29, 0.717) is 23.8 Å². The monoisotopic (exact) mass is 402 g/mol. The third-order valence-electron chi connectivity index (χ3n) is 4.99. The van der Waals surface area contributed by atoms with Crippen LogP contribution in [-0.4, -0.2) is 36.4 Å². The first-order chi connectivity index (χ1) is 14.0. The quantitative estimate of drug-likeness (QED) is 0.765. The molecule has 1 unspecified atom stereocenters. The van der Waals surface area contributed by atoms with E-state index in [0.717, 1.165) is 38.1 Å². The van der Waals surface area contributed by atoms with Crippen LogP contribution in [0.2, 0.25) is 0 Å². The maximum absolute atomic E-state index is 13.9. The minimum absolute atomic E-state index is 0.0669. The van der Waals surface area contributed by atoms with Crippen molar-refractivity contribution in [2.75, 3.05) is 19.7 Å². The molecule has 1 N–H and O–H groups in total. The van der Waals surface area contributed by atoms with Crippen LogP contribution >= 0.6 is 0 Å². The van der Waals surface area contributed by atoms with Gasteiger partial charge in [0.1, 0.15) is 17.4 Å². The van der Waals surface area contributed by atoms with Crippen molar-refractivity contribution in [3.63, 3.8) is 0 Å². The van der Waals surface area contributed by atoms with Crippen LogP contribution in [0.15, 0.2) is 42.5 Å². The minimum atomic E-state index is -0.918. The minimum Gasteiger partial charge on any atom is -0.483 e. The van der Waals surface area contributed by atoms with Crippen LogP contribution in [0.3, 0.4) is 0 Å². The van der Waals surface area contributed by atoms with Gasteiger partial charge in [-0.15, -0.1) is 0 Å². The third kappa shape index (κ3) is 5.10. The van der Waals surface area contributed by atoms with Crippen molar-refractivity contribution in [3.05, 3.63) is 65.2 Å². The normalized spacial score (nSPS) is 14.5. The largest absolute Gasteiger partial charge is 0.483 e. The number of carbonyl (C=O) groups excluding carboxylic acids is 2. The van der Waals surface area contributed by atoms with Crippen molar-refractivity contribution in [1.82, 2.24) is 10.2 Å². The molecule has 1 heterocycles. The van der Waals surface area contributed by atoms with Gasteiger partial charge in [-0.1, -0.05) is 25.1 Å². The molecule has 1 atom stereocenters. The summed E-state index contributed by atoms with van der Waals surface area (Å²) in [6.45, 7) is 3.30. The summed E-state index contributed by atoms with van der Waals surface area (Å²) in [5, 5.41) is 2.77.